The quantitative estimate of drug-likeness (QED) is 0.695. The molecule has 0 amide bonds. The monoisotopic (exact) mass is 380 g/mol. The minimum atomic E-state index is -0.0785. The molecule has 2 N–H and O–H groups in total. The Labute approximate surface area is 163 Å². The molecule has 0 radical (unpaired) electrons. The average molecular weight is 381 g/mol. The van der Waals surface area contributed by atoms with E-state index in [9.17, 15) is 0 Å². The smallest absolute Gasteiger partial charge is 0.226 e. The van der Waals surface area contributed by atoms with E-state index < -0.39 is 0 Å². The van der Waals surface area contributed by atoms with Crippen LogP contribution in [-0.2, 0) is 6.42 Å². The lowest BCUT2D eigenvalue weighted by atomic mass is 10.0. The van der Waals surface area contributed by atoms with Gasteiger partial charge in [-0.15, -0.1) is 0 Å². The first-order valence-electron chi connectivity index (χ1n) is 9.01. The number of hydrogen-bond acceptors (Lipinski definition) is 4. The van der Waals surface area contributed by atoms with Gasteiger partial charge in [0, 0.05) is 23.7 Å². The molecular formula is C21H21ClN4O. The predicted octanol–water partition coefficient (Wildman–Crippen LogP) is 4.22. The SMILES string of the molecule is Cc1ccc(C2=C[C@H](c3ccc(Cl)cc3)n3nc(CCCO)nc3N2)cc1. The van der Waals surface area contributed by atoms with Crippen LogP contribution >= 0.6 is 11.6 Å². The molecule has 4 rings (SSSR count). The van der Waals surface area contributed by atoms with E-state index in [1.807, 2.05) is 28.9 Å². The van der Waals surface area contributed by atoms with Crippen molar-refractivity contribution < 1.29 is 5.11 Å². The van der Waals surface area contributed by atoms with Crippen LogP contribution in [0.25, 0.3) is 5.70 Å². The van der Waals surface area contributed by atoms with E-state index in [-0.39, 0.29) is 12.6 Å². The summed E-state index contributed by atoms with van der Waals surface area (Å²) >= 11 is 6.07. The van der Waals surface area contributed by atoms with Crippen molar-refractivity contribution in [3.63, 3.8) is 0 Å². The lowest BCUT2D eigenvalue weighted by molar-refractivity contribution is 0.287. The Morgan fingerprint density at radius 2 is 1.85 bits per heavy atom. The number of aryl methyl sites for hydroxylation is 2. The van der Waals surface area contributed by atoms with Crippen molar-refractivity contribution in [2.75, 3.05) is 11.9 Å². The molecule has 0 aliphatic carbocycles. The van der Waals surface area contributed by atoms with E-state index in [1.54, 1.807) is 0 Å². The van der Waals surface area contributed by atoms with Crippen molar-refractivity contribution in [2.24, 2.45) is 0 Å². The van der Waals surface area contributed by atoms with Crippen LogP contribution in [0.15, 0.2) is 54.6 Å². The molecule has 1 atom stereocenters. The summed E-state index contributed by atoms with van der Waals surface area (Å²) in [6, 6.07) is 16.1. The number of aromatic nitrogens is 3. The van der Waals surface area contributed by atoms with Gasteiger partial charge in [0.25, 0.3) is 0 Å². The van der Waals surface area contributed by atoms with Gasteiger partial charge in [-0.2, -0.15) is 10.1 Å². The summed E-state index contributed by atoms with van der Waals surface area (Å²) in [7, 11) is 0. The number of anilines is 1. The Hall–Kier alpha value is -2.63. The van der Waals surface area contributed by atoms with Crippen LogP contribution in [-0.4, -0.2) is 26.5 Å². The second kappa shape index (κ2) is 7.55. The zero-order chi connectivity index (χ0) is 18.8. The Kier molecular flexibility index (Phi) is 4.97. The molecule has 1 aromatic heterocycles. The molecule has 3 aromatic rings. The van der Waals surface area contributed by atoms with Gasteiger partial charge in [0.1, 0.15) is 6.04 Å². The molecule has 6 heteroatoms. The van der Waals surface area contributed by atoms with Gasteiger partial charge in [0.2, 0.25) is 5.95 Å². The van der Waals surface area contributed by atoms with Crippen molar-refractivity contribution >= 4 is 23.2 Å². The van der Waals surface area contributed by atoms with E-state index in [0.29, 0.717) is 23.8 Å². The van der Waals surface area contributed by atoms with Crippen LogP contribution in [0.3, 0.4) is 0 Å². The van der Waals surface area contributed by atoms with Crippen LogP contribution in [0.1, 0.15) is 35.0 Å². The van der Waals surface area contributed by atoms with Crippen LogP contribution in [0, 0.1) is 6.92 Å². The van der Waals surface area contributed by atoms with Crippen molar-refractivity contribution in [2.45, 2.75) is 25.8 Å². The van der Waals surface area contributed by atoms with Crippen molar-refractivity contribution in [3.05, 3.63) is 82.1 Å². The van der Waals surface area contributed by atoms with Gasteiger partial charge in [-0.25, -0.2) is 4.68 Å². The number of benzene rings is 2. The molecule has 1 aliphatic heterocycles. The number of rotatable bonds is 5. The van der Waals surface area contributed by atoms with E-state index in [4.69, 9.17) is 16.7 Å². The predicted molar refractivity (Wildman–Crippen MR) is 108 cm³/mol. The standard InChI is InChI=1S/C21H21ClN4O/c1-14-4-6-15(7-5-14)18-13-19(16-8-10-17(22)11-9-16)26-21(23-18)24-20(25-26)3-2-12-27/h4-11,13,19,27H,2-3,12H2,1H3,(H,23,24,25)/t19-/m1/s1. The fraction of sp³-hybridized carbons (Fsp3) is 0.238. The number of aliphatic hydroxyl groups is 1. The molecule has 0 unspecified atom stereocenters. The molecule has 2 aromatic carbocycles. The van der Waals surface area contributed by atoms with Crippen molar-refractivity contribution in [1.29, 1.82) is 0 Å². The largest absolute Gasteiger partial charge is 0.396 e. The molecule has 0 fully saturated rings. The van der Waals surface area contributed by atoms with Crippen LogP contribution in [0.4, 0.5) is 5.95 Å². The first kappa shape index (κ1) is 17.8. The molecule has 138 valence electrons. The highest BCUT2D eigenvalue weighted by molar-refractivity contribution is 6.30. The second-order valence-electron chi connectivity index (χ2n) is 6.69. The van der Waals surface area contributed by atoms with Crippen LogP contribution < -0.4 is 5.32 Å². The highest BCUT2D eigenvalue weighted by atomic mass is 35.5. The Morgan fingerprint density at radius 1 is 1.11 bits per heavy atom. The molecule has 0 saturated heterocycles. The molecule has 0 spiro atoms. The second-order valence-corrected chi connectivity index (χ2v) is 7.13. The highest BCUT2D eigenvalue weighted by Crippen LogP contribution is 2.33. The summed E-state index contributed by atoms with van der Waals surface area (Å²) in [6.07, 6.45) is 3.45. The van der Waals surface area contributed by atoms with Gasteiger partial charge >= 0.3 is 0 Å². The number of nitrogens with one attached hydrogen (secondary N) is 1. The summed E-state index contributed by atoms with van der Waals surface area (Å²) in [4.78, 5) is 4.64. The van der Waals surface area contributed by atoms with Gasteiger partial charge in [-0.1, -0.05) is 53.6 Å². The summed E-state index contributed by atoms with van der Waals surface area (Å²) < 4.78 is 1.90. The average Bonchev–Trinajstić information content (AvgIpc) is 3.10. The van der Waals surface area contributed by atoms with E-state index in [1.165, 1.54) is 5.56 Å². The van der Waals surface area contributed by atoms with Crippen LogP contribution in [0.5, 0.6) is 0 Å². The molecule has 27 heavy (non-hydrogen) atoms. The first-order valence-corrected chi connectivity index (χ1v) is 9.39. The number of halogens is 1. The maximum Gasteiger partial charge on any atom is 0.226 e. The third-order valence-electron chi connectivity index (χ3n) is 4.64. The summed E-state index contributed by atoms with van der Waals surface area (Å²) in [5.41, 5.74) is 4.42. The molecule has 1 aliphatic rings. The summed E-state index contributed by atoms with van der Waals surface area (Å²) in [5.74, 6) is 1.44. The zero-order valence-corrected chi connectivity index (χ0v) is 15.8. The van der Waals surface area contributed by atoms with Gasteiger partial charge in [0.05, 0.1) is 0 Å². The van der Waals surface area contributed by atoms with Gasteiger partial charge < -0.3 is 10.4 Å². The summed E-state index contributed by atoms with van der Waals surface area (Å²) in [5, 5.41) is 17.9. The highest BCUT2D eigenvalue weighted by Gasteiger charge is 2.25. The van der Waals surface area contributed by atoms with Gasteiger partial charge in [-0.3, -0.25) is 0 Å². The maximum atomic E-state index is 9.10. The molecule has 0 saturated carbocycles. The lowest BCUT2D eigenvalue weighted by Gasteiger charge is -2.24. The summed E-state index contributed by atoms with van der Waals surface area (Å²) in [6.45, 7) is 2.21. The Morgan fingerprint density at radius 3 is 2.56 bits per heavy atom. The minimum Gasteiger partial charge on any atom is -0.396 e. The first-order chi connectivity index (χ1) is 13.1. The fourth-order valence-electron chi connectivity index (χ4n) is 3.18. The number of hydrogen-bond donors (Lipinski definition) is 2. The molecule has 0 bridgehead atoms. The van der Waals surface area contributed by atoms with E-state index in [0.717, 1.165) is 22.6 Å². The zero-order valence-electron chi connectivity index (χ0n) is 15.1. The van der Waals surface area contributed by atoms with Gasteiger partial charge in [-0.05, 0) is 42.7 Å². The number of allylic oxidation sites excluding steroid dienone is 1. The van der Waals surface area contributed by atoms with Gasteiger partial charge in [0.15, 0.2) is 5.82 Å². The molecular weight excluding hydrogens is 360 g/mol. The van der Waals surface area contributed by atoms with Crippen molar-refractivity contribution in [1.82, 2.24) is 14.8 Å². The third-order valence-corrected chi connectivity index (χ3v) is 4.89. The maximum absolute atomic E-state index is 9.10. The minimum absolute atomic E-state index is 0.0785. The Balaban J connectivity index is 1.76. The lowest BCUT2D eigenvalue weighted by Crippen LogP contribution is -2.20. The number of fused-ring (bicyclic) bond motifs is 1. The topological polar surface area (TPSA) is 63.0 Å². The molecule has 2 heterocycles. The van der Waals surface area contributed by atoms with E-state index >= 15 is 0 Å². The van der Waals surface area contributed by atoms with E-state index in [2.05, 4.69) is 52.7 Å². The number of nitrogens with zero attached hydrogens (tertiary/aromatic N) is 3. The normalized spacial score (nSPS) is 15.8. The number of aliphatic hydroxyl groups excluding tert-OH is 1. The van der Waals surface area contributed by atoms with Crippen molar-refractivity contribution in [3.8, 4) is 0 Å². The molecule has 5 nitrogen and oxygen atoms in total. The third kappa shape index (κ3) is 3.75. The fourth-order valence-corrected chi connectivity index (χ4v) is 3.31. The van der Waals surface area contributed by atoms with Crippen LogP contribution in [0.2, 0.25) is 5.02 Å². The Bertz CT molecular complexity index is 961.